The molecule has 0 radical (unpaired) electrons. The van der Waals surface area contributed by atoms with Crippen LogP contribution in [0.2, 0.25) is 0 Å². The second-order valence-corrected chi connectivity index (χ2v) is 6.23. The summed E-state index contributed by atoms with van der Waals surface area (Å²) in [5.41, 5.74) is 0. The number of hydrogen-bond donors (Lipinski definition) is 0. The Bertz CT molecular complexity index is 507. The summed E-state index contributed by atoms with van der Waals surface area (Å²) in [5, 5.41) is 3.72. The van der Waals surface area contributed by atoms with Gasteiger partial charge in [-0.2, -0.15) is 0 Å². The van der Waals surface area contributed by atoms with Crippen LogP contribution in [0.4, 0.5) is 0 Å². The minimum atomic E-state index is 0. The van der Waals surface area contributed by atoms with Crippen LogP contribution in [-0.2, 0) is 21.1 Å². The number of halogens is 2. The topological polar surface area (TPSA) is 0 Å². The van der Waals surface area contributed by atoms with Crippen molar-refractivity contribution in [2.75, 3.05) is 0 Å². The Balaban J connectivity index is -0.000000259. The van der Waals surface area contributed by atoms with E-state index in [1.165, 1.54) is 15.9 Å². The smallest absolute Gasteiger partial charge is 0 e. The number of rotatable bonds is 0. The van der Waals surface area contributed by atoms with Crippen molar-refractivity contribution in [2.45, 2.75) is 0 Å². The fraction of sp³-hybridized carbons (Fsp3) is 0. The Morgan fingerprint density at radius 2 is 0.542 bits per heavy atom. The third-order valence-electron chi connectivity index (χ3n) is 2.40. The summed E-state index contributed by atoms with van der Waals surface area (Å²) in [4.78, 5) is 0. The molecule has 0 spiro atoms. The average Bonchev–Trinajstić information content (AvgIpc) is 2.51. The maximum absolute atomic E-state index is 2.63. The second-order valence-electron chi connectivity index (χ2n) is 4.23. The largest absolute Gasteiger partial charge is 1.00 e. The average molecular weight is 596 g/mol. The SMILES string of the molecule is Pc1ccccc1.Pc1ccccc1.Pc1ccccc1.[Cl-].[Cl-].[Pt]. The fourth-order valence-electron chi connectivity index (χ4n) is 1.36. The first-order valence-corrected chi connectivity index (χ1v) is 8.33. The van der Waals surface area contributed by atoms with Crippen LogP contribution in [0.5, 0.6) is 0 Å². The van der Waals surface area contributed by atoms with E-state index >= 15 is 0 Å². The monoisotopic (exact) mass is 595 g/mol. The Morgan fingerprint density at radius 1 is 0.375 bits per heavy atom. The van der Waals surface area contributed by atoms with Gasteiger partial charge < -0.3 is 24.8 Å². The van der Waals surface area contributed by atoms with Crippen molar-refractivity contribution in [3.63, 3.8) is 0 Å². The normalized spacial score (nSPS) is 7.62. The summed E-state index contributed by atoms with van der Waals surface area (Å²) in [6.07, 6.45) is 0. The molecule has 3 rings (SSSR count). The zero-order valence-corrected chi connectivity index (χ0v) is 20.2. The summed E-state index contributed by atoms with van der Waals surface area (Å²) in [5.74, 6) is 0. The predicted octanol–water partition coefficient (Wildman–Crippen LogP) is -2.43. The van der Waals surface area contributed by atoms with Crippen molar-refractivity contribution in [2.24, 2.45) is 0 Å². The van der Waals surface area contributed by atoms with Crippen molar-refractivity contribution < 1.29 is 45.9 Å². The van der Waals surface area contributed by atoms with Crippen molar-refractivity contribution in [1.29, 1.82) is 0 Å². The molecule has 0 aliphatic heterocycles. The molecule has 0 saturated carbocycles. The van der Waals surface area contributed by atoms with Crippen LogP contribution in [0.3, 0.4) is 0 Å². The van der Waals surface area contributed by atoms with E-state index in [1.54, 1.807) is 0 Å². The van der Waals surface area contributed by atoms with Gasteiger partial charge >= 0.3 is 0 Å². The number of benzene rings is 3. The summed E-state index contributed by atoms with van der Waals surface area (Å²) >= 11 is 0. The van der Waals surface area contributed by atoms with Crippen LogP contribution >= 0.6 is 27.7 Å². The van der Waals surface area contributed by atoms with Crippen LogP contribution in [0.1, 0.15) is 0 Å². The van der Waals surface area contributed by atoms with E-state index in [9.17, 15) is 0 Å². The molecular formula is C18H21Cl2P3Pt-2. The van der Waals surface area contributed by atoms with Gasteiger partial charge in [-0.3, -0.25) is 0 Å². The van der Waals surface area contributed by atoms with Crippen molar-refractivity contribution in [3.05, 3.63) is 91.0 Å². The van der Waals surface area contributed by atoms with E-state index in [0.29, 0.717) is 0 Å². The van der Waals surface area contributed by atoms with Crippen LogP contribution in [0.15, 0.2) is 91.0 Å². The molecule has 3 unspecified atom stereocenters. The van der Waals surface area contributed by atoms with E-state index < -0.39 is 0 Å². The summed E-state index contributed by atoms with van der Waals surface area (Å²) < 4.78 is 0. The Morgan fingerprint density at radius 3 is 0.625 bits per heavy atom. The quantitative estimate of drug-likeness (QED) is 0.254. The maximum atomic E-state index is 2.63. The molecule has 3 aromatic rings. The van der Waals surface area contributed by atoms with Crippen LogP contribution in [0, 0.1) is 0 Å². The van der Waals surface area contributed by atoms with Gasteiger partial charge in [-0.05, 0) is 15.9 Å². The molecule has 0 saturated heterocycles. The third-order valence-corrected chi connectivity index (χ3v) is 3.55. The van der Waals surface area contributed by atoms with Crippen molar-refractivity contribution >= 4 is 43.6 Å². The molecule has 0 aliphatic carbocycles. The van der Waals surface area contributed by atoms with Crippen LogP contribution in [0.25, 0.3) is 0 Å². The molecule has 0 aliphatic rings. The standard InChI is InChI=1S/3C6H7P.2ClH.Pt/c3*7-6-4-2-1-3-5-6;;;/h3*1-5H,7H2;2*1H;/p-2. The minimum absolute atomic E-state index is 0. The summed E-state index contributed by atoms with van der Waals surface area (Å²) in [6.45, 7) is 0. The molecule has 0 heterocycles. The Hall–Kier alpha value is 0.218. The molecule has 0 nitrogen and oxygen atoms in total. The van der Waals surface area contributed by atoms with Crippen molar-refractivity contribution in [1.82, 2.24) is 0 Å². The summed E-state index contributed by atoms with van der Waals surface area (Å²) in [7, 11) is 7.89. The predicted molar refractivity (Wildman–Crippen MR) is 107 cm³/mol. The molecule has 0 aromatic heterocycles. The van der Waals surface area contributed by atoms with Gasteiger partial charge in [0.05, 0.1) is 0 Å². The van der Waals surface area contributed by atoms with Crippen LogP contribution in [-0.4, -0.2) is 0 Å². The van der Waals surface area contributed by atoms with Gasteiger partial charge in [-0.15, -0.1) is 27.7 Å². The van der Waals surface area contributed by atoms with E-state index in [-0.39, 0.29) is 45.9 Å². The Kier molecular flexibility index (Phi) is 23.6. The third kappa shape index (κ3) is 17.1. The second kappa shape index (κ2) is 19.5. The van der Waals surface area contributed by atoms with Gasteiger partial charge in [0.25, 0.3) is 0 Å². The first-order chi connectivity index (χ1) is 10.2. The molecule has 0 N–H and O–H groups in total. The zero-order chi connectivity index (χ0) is 15.3. The first-order valence-electron chi connectivity index (χ1n) is 6.60. The van der Waals surface area contributed by atoms with Gasteiger partial charge in [0.15, 0.2) is 0 Å². The molecule has 0 amide bonds. The zero-order valence-electron chi connectivity index (χ0n) is 13.0. The molecule has 3 aromatic carbocycles. The van der Waals surface area contributed by atoms with Gasteiger partial charge in [-0.1, -0.05) is 91.0 Å². The van der Waals surface area contributed by atoms with E-state index in [4.69, 9.17) is 0 Å². The molecular weight excluding hydrogens is 575 g/mol. The minimum Gasteiger partial charge on any atom is -1.00 e. The number of hydrogen-bond acceptors (Lipinski definition) is 0. The molecule has 3 atom stereocenters. The van der Waals surface area contributed by atoms with Gasteiger partial charge in [0.2, 0.25) is 0 Å². The van der Waals surface area contributed by atoms with Gasteiger partial charge in [-0.25, -0.2) is 0 Å². The van der Waals surface area contributed by atoms with E-state index in [0.717, 1.165) is 0 Å². The Labute approximate surface area is 179 Å². The van der Waals surface area contributed by atoms with Gasteiger partial charge in [0, 0.05) is 21.1 Å². The van der Waals surface area contributed by atoms with E-state index in [2.05, 4.69) is 27.7 Å². The molecule has 134 valence electrons. The molecule has 6 heteroatoms. The molecule has 0 fully saturated rings. The molecule has 24 heavy (non-hydrogen) atoms. The molecule has 0 bridgehead atoms. The van der Waals surface area contributed by atoms with Crippen LogP contribution < -0.4 is 40.7 Å². The van der Waals surface area contributed by atoms with E-state index in [1.807, 2.05) is 91.0 Å². The summed E-state index contributed by atoms with van der Waals surface area (Å²) in [6, 6.07) is 30.4. The first kappa shape index (κ1) is 29.0. The van der Waals surface area contributed by atoms with Crippen molar-refractivity contribution in [3.8, 4) is 0 Å². The maximum Gasteiger partial charge on any atom is 0 e. The van der Waals surface area contributed by atoms with Gasteiger partial charge in [0.1, 0.15) is 0 Å². The fourth-order valence-corrected chi connectivity index (χ4v) is 2.03.